The Hall–Kier alpha value is -1.40. The number of hydrogen-bond acceptors (Lipinski definition) is 5. The first kappa shape index (κ1) is 75.6. The molecule has 0 heterocycles. The van der Waals surface area contributed by atoms with Gasteiger partial charge in [-0.15, -0.1) is 0 Å². The second-order valence-electron chi connectivity index (χ2n) is 24.6. The third-order valence-corrected chi connectivity index (χ3v) is 16.8. The molecule has 0 aromatic rings. The van der Waals surface area contributed by atoms with Gasteiger partial charge in [-0.2, -0.15) is 0 Å². The number of amides is 1. The zero-order valence-electron chi connectivity index (χ0n) is 52.5. The minimum Gasteiger partial charge on any atom is -0.466 e. The summed E-state index contributed by atoms with van der Waals surface area (Å²) in [6.45, 7) is 4.98. The van der Waals surface area contributed by atoms with Gasteiger partial charge in [0.15, 0.2) is 0 Å². The number of hydrogen-bond donors (Lipinski definition) is 3. The van der Waals surface area contributed by atoms with E-state index in [1.807, 2.05) is 0 Å². The molecule has 0 bridgehead atoms. The van der Waals surface area contributed by atoms with Crippen LogP contribution in [0.1, 0.15) is 406 Å². The van der Waals surface area contributed by atoms with Gasteiger partial charge >= 0.3 is 5.97 Å². The van der Waals surface area contributed by atoms with Crippen molar-refractivity contribution in [2.24, 2.45) is 0 Å². The van der Waals surface area contributed by atoms with Crippen molar-refractivity contribution >= 4 is 11.9 Å². The maximum atomic E-state index is 12.5. The summed E-state index contributed by atoms with van der Waals surface area (Å²) < 4.78 is 5.51. The molecule has 6 nitrogen and oxygen atoms in total. The lowest BCUT2D eigenvalue weighted by molar-refractivity contribution is -0.143. The average Bonchev–Trinajstić information content (AvgIpc) is 3.43. The van der Waals surface area contributed by atoms with Crippen LogP contribution >= 0.6 is 0 Å². The number of aliphatic hydroxyl groups excluding tert-OH is 2. The van der Waals surface area contributed by atoms with Gasteiger partial charge in [0.05, 0.1) is 25.4 Å². The van der Waals surface area contributed by atoms with Gasteiger partial charge in [-0.3, -0.25) is 9.59 Å². The fourth-order valence-electron chi connectivity index (χ4n) is 11.4. The van der Waals surface area contributed by atoms with Crippen molar-refractivity contribution in [3.63, 3.8) is 0 Å². The van der Waals surface area contributed by atoms with Crippen LogP contribution in [0.4, 0.5) is 0 Å². The predicted molar refractivity (Wildman–Crippen MR) is 338 cm³/mol. The van der Waals surface area contributed by atoms with Crippen LogP contribution < -0.4 is 5.32 Å². The van der Waals surface area contributed by atoms with E-state index in [1.165, 1.54) is 334 Å². The first-order valence-corrected chi connectivity index (χ1v) is 35.4. The second-order valence-corrected chi connectivity index (χ2v) is 24.6. The zero-order valence-corrected chi connectivity index (χ0v) is 52.5. The highest BCUT2D eigenvalue weighted by atomic mass is 16.5. The average molecular weight is 1090 g/mol. The smallest absolute Gasteiger partial charge is 0.305 e. The Balaban J connectivity index is 3.31. The fourth-order valence-corrected chi connectivity index (χ4v) is 11.4. The van der Waals surface area contributed by atoms with Crippen LogP contribution in [0, 0.1) is 0 Å². The molecule has 0 aromatic carbocycles. The minimum absolute atomic E-state index is 0.0230. The topological polar surface area (TPSA) is 95.9 Å². The Morgan fingerprint density at radius 3 is 0.922 bits per heavy atom. The van der Waals surface area contributed by atoms with Gasteiger partial charge in [0.25, 0.3) is 0 Å². The van der Waals surface area contributed by atoms with Gasteiger partial charge in [-0.25, -0.2) is 0 Å². The maximum absolute atomic E-state index is 12.5. The van der Waals surface area contributed by atoms with Crippen molar-refractivity contribution < 1.29 is 24.5 Å². The summed E-state index contributed by atoms with van der Waals surface area (Å²) in [5.41, 5.74) is 0. The molecule has 0 aliphatic carbocycles. The van der Waals surface area contributed by atoms with Crippen LogP contribution in [0.3, 0.4) is 0 Å². The van der Waals surface area contributed by atoms with Crippen LogP contribution in [0.25, 0.3) is 0 Å². The van der Waals surface area contributed by atoms with Crippen LogP contribution in [0.15, 0.2) is 12.2 Å². The third-order valence-electron chi connectivity index (χ3n) is 16.8. The SMILES string of the molecule is CCCCCCCCCCCCCCCCCCCCC(=O)OCCCCCCCCCCCCCC/C=C\CCCCCCCCCCCCCCCCCC(=O)NC(CO)C(O)CCCCCCCCCCCCC. The van der Waals surface area contributed by atoms with Crippen molar-refractivity contribution in [1.29, 1.82) is 0 Å². The molecule has 0 aliphatic heterocycles. The number of ether oxygens (including phenoxy) is 1. The predicted octanol–water partition coefficient (Wildman–Crippen LogP) is 22.8. The van der Waals surface area contributed by atoms with Crippen molar-refractivity contribution in [2.45, 2.75) is 418 Å². The summed E-state index contributed by atoms with van der Waals surface area (Å²) in [5.74, 6) is -0.00870. The fraction of sp³-hybridized carbons (Fsp3) is 0.944. The molecule has 0 fully saturated rings. The van der Waals surface area contributed by atoms with Crippen molar-refractivity contribution in [2.75, 3.05) is 13.2 Å². The summed E-state index contributed by atoms with van der Waals surface area (Å²) >= 11 is 0. The molecule has 3 N–H and O–H groups in total. The van der Waals surface area contributed by atoms with E-state index in [1.54, 1.807) is 0 Å². The third kappa shape index (κ3) is 63.6. The first-order chi connectivity index (χ1) is 38.0. The normalized spacial score (nSPS) is 12.5. The van der Waals surface area contributed by atoms with E-state index in [2.05, 4.69) is 31.3 Å². The summed E-state index contributed by atoms with van der Waals surface area (Å²) in [6.07, 6.45) is 82.8. The number of esters is 1. The highest BCUT2D eigenvalue weighted by molar-refractivity contribution is 5.76. The van der Waals surface area contributed by atoms with Gasteiger partial charge in [-0.1, -0.05) is 353 Å². The highest BCUT2D eigenvalue weighted by Crippen LogP contribution is 2.19. The monoisotopic (exact) mass is 1090 g/mol. The molecule has 6 heteroatoms. The number of carbonyl (C=O) groups is 2. The number of rotatable bonds is 67. The van der Waals surface area contributed by atoms with E-state index in [-0.39, 0.29) is 18.5 Å². The van der Waals surface area contributed by atoms with Gasteiger partial charge in [0.1, 0.15) is 0 Å². The van der Waals surface area contributed by atoms with Gasteiger partial charge in [0, 0.05) is 12.8 Å². The molecule has 0 aliphatic rings. The maximum Gasteiger partial charge on any atom is 0.305 e. The van der Waals surface area contributed by atoms with Crippen LogP contribution in [-0.2, 0) is 14.3 Å². The number of unbranched alkanes of at least 4 members (excludes halogenated alkanes) is 54. The summed E-state index contributed by atoms with van der Waals surface area (Å²) in [6, 6.07) is -0.538. The van der Waals surface area contributed by atoms with Gasteiger partial charge in [-0.05, 0) is 51.4 Å². The number of allylic oxidation sites excluding steroid dienone is 2. The lowest BCUT2D eigenvalue weighted by atomic mass is 10.0. The van der Waals surface area contributed by atoms with Crippen LogP contribution in [0.2, 0.25) is 0 Å². The molecule has 0 aromatic heterocycles. The summed E-state index contributed by atoms with van der Waals surface area (Å²) in [5, 5.41) is 23.2. The molecule has 1 amide bonds. The van der Waals surface area contributed by atoms with Crippen molar-refractivity contribution in [3.05, 3.63) is 12.2 Å². The molecule has 77 heavy (non-hydrogen) atoms. The molecule has 0 rings (SSSR count). The highest BCUT2D eigenvalue weighted by Gasteiger charge is 2.20. The summed E-state index contributed by atoms with van der Waals surface area (Å²) in [4.78, 5) is 24.6. The minimum atomic E-state index is -0.660. The van der Waals surface area contributed by atoms with Crippen molar-refractivity contribution in [1.82, 2.24) is 5.32 Å². The summed E-state index contributed by atoms with van der Waals surface area (Å²) in [7, 11) is 0. The molecule has 2 atom stereocenters. The van der Waals surface area contributed by atoms with Crippen LogP contribution in [0.5, 0.6) is 0 Å². The largest absolute Gasteiger partial charge is 0.466 e. The first-order valence-electron chi connectivity index (χ1n) is 35.4. The van der Waals surface area contributed by atoms with Gasteiger partial charge < -0.3 is 20.3 Å². The number of carbonyl (C=O) groups excluding carboxylic acids is 2. The Bertz CT molecular complexity index is 1160. The quantitative estimate of drug-likeness (QED) is 0.0320. The van der Waals surface area contributed by atoms with E-state index < -0.39 is 12.1 Å². The molecule has 0 spiro atoms. The van der Waals surface area contributed by atoms with E-state index in [0.717, 1.165) is 38.5 Å². The molecule has 0 radical (unpaired) electrons. The number of aliphatic hydroxyl groups is 2. The zero-order chi connectivity index (χ0) is 55.7. The number of nitrogens with one attached hydrogen (secondary N) is 1. The Labute approximate surface area is 482 Å². The van der Waals surface area contributed by atoms with Crippen molar-refractivity contribution in [3.8, 4) is 0 Å². The molecular formula is C71H139NO5. The molecule has 0 saturated carbocycles. The molecular weight excluding hydrogens is 947 g/mol. The molecule has 2 unspecified atom stereocenters. The molecule has 458 valence electrons. The Morgan fingerprint density at radius 1 is 0.351 bits per heavy atom. The standard InChI is InChI=1S/C71H139NO5/c1-3-5-7-9-11-13-15-16-17-18-35-38-41-45-49-53-57-61-65-71(76)77-66-62-58-54-50-46-42-39-36-33-31-29-27-25-23-21-19-20-22-24-26-28-30-32-34-37-40-44-48-52-56-60-64-70(75)72-68(67-73)69(74)63-59-55-51-47-43-14-12-10-8-6-4-2/h21,23,68-69,73-74H,3-20,22,24-67H2,1-2H3,(H,72,75)/b23-21-. The molecule has 0 saturated heterocycles. The Morgan fingerprint density at radius 2 is 0.610 bits per heavy atom. The lowest BCUT2D eigenvalue weighted by Gasteiger charge is -2.22. The lowest BCUT2D eigenvalue weighted by Crippen LogP contribution is -2.45. The van der Waals surface area contributed by atoms with E-state index in [0.29, 0.717) is 25.9 Å². The van der Waals surface area contributed by atoms with Gasteiger partial charge in [0.2, 0.25) is 5.91 Å². The van der Waals surface area contributed by atoms with E-state index in [9.17, 15) is 19.8 Å². The Kier molecular flexibility index (Phi) is 65.9. The van der Waals surface area contributed by atoms with Crippen LogP contribution in [-0.4, -0.2) is 47.4 Å². The van der Waals surface area contributed by atoms with E-state index in [4.69, 9.17) is 4.74 Å². The second kappa shape index (κ2) is 67.1. The van der Waals surface area contributed by atoms with E-state index >= 15 is 0 Å².